The second-order valence-electron chi connectivity index (χ2n) is 6.18. The van der Waals surface area contributed by atoms with E-state index in [4.69, 9.17) is 32.5 Å². The third-order valence-corrected chi connectivity index (χ3v) is 5.27. The normalized spacial score (nSPS) is 11.5. The van der Waals surface area contributed by atoms with Crippen LogP contribution in [0.4, 0.5) is 10.1 Å². The van der Waals surface area contributed by atoms with Crippen molar-refractivity contribution in [3.8, 4) is 17.0 Å². The summed E-state index contributed by atoms with van der Waals surface area (Å²) in [6.07, 6.45) is 0.732. The van der Waals surface area contributed by atoms with E-state index >= 15 is 0 Å². The van der Waals surface area contributed by atoms with E-state index in [0.717, 1.165) is 22.5 Å². The molecule has 0 fully saturated rings. The van der Waals surface area contributed by atoms with Crippen LogP contribution in [0.2, 0.25) is 5.02 Å². The van der Waals surface area contributed by atoms with Gasteiger partial charge in [-0.2, -0.15) is 0 Å². The van der Waals surface area contributed by atoms with Crippen LogP contribution in [0, 0.1) is 11.2 Å². The van der Waals surface area contributed by atoms with Crippen LogP contribution in [0.1, 0.15) is 6.42 Å². The van der Waals surface area contributed by atoms with Gasteiger partial charge in [0.25, 0.3) is 0 Å². The lowest BCUT2D eigenvalue weighted by Gasteiger charge is -2.10. The van der Waals surface area contributed by atoms with E-state index in [1.807, 2.05) is 5.38 Å². The van der Waals surface area contributed by atoms with Gasteiger partial charge >= 0.3 is 0 Å². The fourth-order valence-electron chi connectivity index (χ4n) is 2.79. The molecule has 152 valence electrons. The van der Waals surface area contributed by atoms with Gasteiger partial charge in [-0.25, -0.2) is 9.38 Å². The van der Waals surface area contributed by atoms with Crippen molar-refractivity contribution in [1.82, 2.24) is 9.88 Å². The molecule has 3 rings (SSSR count). The molecule has 0 unspecified atom stereocenters. The highest BCUT2D eigenvalue weighted by Gasteiger charge is 2.10. The third-order valence-electron chi connectivity index (χ3n) is 4.17. The Bertz CT molecular complexity index is 1060. The number of thiazole rings is 1. The summed E-state index contributed by atoms with van der Waals surface area (Å²) in [6, 6.07) is 11.7. The van der Waals surface area contributed by atoms with Crippen molar-refractivity contribution in [2.24, 2.45) is 10.7 Å². The first kappa shape index (κ1) is 20.9. The lowest BCUT2D eigenvalue weighted by atomic mass is 10.1. The SMILES string of the molecule is COc1cc(Cl)ccc1/N=c1\scc(-c2ccc(F)cc2)n1CCCNC(=N)N. The van der Waals surface area contributed by atoms with Crippen LogP contribution in [0.25, 0.3) is 11.3 Å². The average molecular weight is 434 g/mol. The van der Waals surface area contributed by atoms with Gasteiger partial charge in [0.1, 0.15) is 17.3 Å². The number of nitrogens with two attached hydrogens (primary N) is 1. The highest BCUT2D eigenvalue weighted by atomic mass is 35.5. The van der Waals surface area contributed by atoms with E-state index in [1.54, 1.807) is 37.4 Å². The number of ether oxygens (including phenoxy) is 1. The van der Waals surface area contributed by atoms with E-state index < -0.39 is 0 Å². The molecule has 4 N–H and O–H groups in total. The Labute approximate surface area is 176 Å². The lowest BCUT2D eigenvalue weighted by Crippen LogP contribution is -2.31. The van der Waals surface area contributed by atoms with Gasteiger partial charge in [0.05, 0.1) is 12.8 Å². The Morgan fingerprint density at radius 3 is 2.76 bits per heavy atom. The molecule has 29 heavy (non-hydrogen) atoms. The summed E-state index contributed by atoms with van der Waals surface area (Å²) in [5, 5.41) is 12.6. The second-order valence-corrected chi connectivity index (χ2v) is 7.46. The molecule has 0 bridgehead atoms. The van der Waals surface area contributed by atoms with Crippen molar-refractivity contribution in [2.75, 3.05) is 13.7 Å². The Hall–Kier alpha value is -2.84. The van der Waals surface area contributed by atoms with Gasteiger partial charge in [0.2, 0.25) is 0 Å². The zero-order chi connectivity index (χ0) is 20.8. The first-order chi connectivity index (χ1) is 14.0. The van der Waals surface area contributed by atoms with Crippen molar-refractivity contribution in [2.45, 2.75) is 13.0 Å². The van der Waals surface area contributed by atoms with Crippen LogP contribution in [-0.4, -0.2) is 24.2 Å². The summed E-state index contributed by atoms with van der Waals surface area (Å²) < 4.78 is 20.8. The lowest BCUT2D eigenvalue weighted by molar-refractivity contribution is 0.416. The van der Waals surface area contributed by atoms with Crippen molar-refractivity contribution in [3.63, 3.8) is 0 Å². The number of guanidine groups is 1. The molecule has 0 radical (unpaired) electrons. The van der Waals surface area contributed by atoms with Gasteiger partial charge in [0.15, 0.2) is 10.8 Å². The predicted octanol–water partition coefficient (Wildman–Crippen LogP) is 4.12. The van der Waals surface area contributed by atoms with Gasteiger partial charge in [0, 0.05) is 29.6 Å². The van der Waals surface area contributed by atoms with Gasteiger partial charge in [-0.3, -0.25) is 5.41 Å². The number of nitrogens with one attached hydrogen (secondary N) is 2. The largest absolute Gasteiger partial charge is 0.494 e. The third kappa shape index (κ3) is 5.36. The molecule has 6 nitrogen and oxygen atoms in total. The number of hydrogen-bond acceptors (Lipinski definition) is 4. The molecule has 0 saturated heterocycles. The number of aromatic nitrogens is 1. The van der Waals surface area contributed by atoms with Crippen molar-refractivity contribution in [3.05, 3.63) is 63.5 Å². The summed E-state index contributed by atoms with van der Waals surface area (Å²) in [5.41, 5.74) is 7.85. The monoisotopic (exact) mass is 433 g/mol. The molecule has 0 spiro atoms. The van der Waals surface area contributed by atoms with Gasteiger partial charge in [-0.15, -0.1) is 11.3 Å². The first-order valence-electron chi connectivity index (χ1n) is 8.88. The maximum absolute atomic E-state index is 13.3. The zero-order valence-corrected chi connectivity index (χ0v) is 17.4. The molecule has 1 heterocycles. The highest BCUT2D eigenvalue weighted by molar-refractivity contribution is 7.07. The Morgan fingerprint density at radius 2 is 2.07 bits per heavy atom. The number of hydrogen-bond donors (Lipinski definition) is 3. The Kier molecular flexibility index (Phi) is 6.90. The smallest absolute Gasteiger partial charge is 0.190 e. The molecule has 0 aliphatic carbocycles. The first-order valence-corrected chi connectivity index (χ1v) is 10.1. The summed E-state index contributed by atoms with van der Waals surface area (Å²) in [7, 11) is 1.57. The van der Waals surface area contributed by atoms with Gasteiger partial charge < -0.3 is 20.4 Å². The fourth-order valence-corrected chi connectivity index (χ4v) is 3.90. The zero-order valence-electron chi connectivity index (χ0n) is 15.8. The topological polar surface area (TPSA) is 88.4 Å². The van der Waals surface area contributed by atoms with Gasteiger partial charge in [-0.05, 0) is 48.4 Å². The van der Waals surface area contributed by atoms with Crippen LogP contribution in [0.5, 0.6) is 5.75 Å². The van der Waals surface area contributed by atoms with Crippen LogP contribution < -0.4 is 20.6 Å². The molecule has 2 aromatic carbocycles. The average Bonchev–Trinajstić information content (AvgIpc) is 3.09. The molecule has 0 atom stereocenters. The number of halogens is 2. The molecule has 3 aromatic rings. The van der Waals surface area contributed by atoms with Crippen molar-refractivity contribution in [1.29, 1.82) is 5.41 Å². The van der Waals surface area contributed by atoms with Crippen molar-refractivity contribution >= 4 is 34.6 Å². The molecule has 0 aliphatic rings. The quantitative estimate of drug-likeness (QED) is 0.297. The molecular formula is C20H21ClFN5OS. The van der Waals surface area contributed by atoms with Crippen LogP contribution in [-0.2, 0) is 6.54 Å². The molecule has 0 amide bonds. The predicted molar refractivity (Wildman–Crippen MR) is 115 cm³/mol. The molecule has 1 aromatic heterocycles. The summed E-state index contributed by atoms with van der Waals surface area (Å²) in [6.45, 7) is 1.20. The number of rotatable bonds is 7. The molecule has 9 heteroatoms. The Morgan fingerprint density at radius 1 is 1.31 bits per heavy atom. The van der Waals surface area contributed by atoms with Crippen LogP contribution >= 0.6 is 22.9 Å². The minimum absolute atomic E-state index is 0.0603. The fraction of sp³-hybridized carbons (Fsp3) is 0.200. The highest BCUT2D eigenvalue weighted by Crippen LogP contribution is 2.30. The summed E-state index contributed by atoms with van der Waals surface area (Å²) >= 11 is 7.53. The van der Waals surface area contributed by atoms with Crippen LogP contribution in [0.3, 0.4) is 0 Å². The second kappa shape index (κ2) is 9.58. The summed E-state index contributed by atoms with van der Waals surface area (Å²) in [5.74, 6) is 0.242. The van der Waals surface area contributed by atoms with Gasteiger partial charge in [-0.1, -0.05) is 11.6 Å². The number of benzene rings is 2. The van der Waals surface area contributed by atoms with E-state index in [9.17, 15) is 4.39 Å². The maximum Gasteiger partial charge on any atom is 0.190 e. The minimum Gasteiger partial charge on any atom is -0.494 e. The maximum atomic E-state index is 13.3. The van der Waals surface area contributed by atoms with E-state index in [0.29, 0.717) is 29.5 Å². The minimum atomic E-state index is -0.281. The standard InChI is InChI=1S/C20H21ClFN5OS/c1-28-18-11-14(21)5-8-16(18)26-20-27(10-2-9-25-19(23)24)17(12-29-20)13-3-6-15(22)7-4-13/h3-8,11-12H,2,9-10H2,1H3,(H4,23,24,25)/b26-20-. The Balaban J connectivity index is 2.02. The number of nitrogens with zero attached hydrogens (tertiary/aromatic N) is 2. The number of methoxy groups -OCH3 is 1. The van der Waals surface area contributed by atoms with Crippen molar-refractivity contribution < 1.29 is 9.13 Å². The summed E-state index contributed by atoms with van der Waals surface area (Å²) in [4.78, 5) is 5.54. The molecule has 0 saturated carbocycles. The van der Waals surface area contributed by atoms with E-state index in [2.05, 4.69) is 9.88 Å². The molecule has 0 aliphatic heterocycles. The van der Waals surface area contributed by atoms with Crippen LogP contribution in [0.15, 0.2) is 52.8 Å². The molecular weight excluding hydrogens is 413 g/mol. The van der Waals surface area contributed by atoms with E-state index in [-0.39, 0.29) is 11.8 Å². The van der Waals surface area contributed by atoms with E-state index in [1.165, 1.54) is 23.5 Å².